The van der Waals surface area contributed by atoms with Crippen molar-refractivity contribution < 1.29 is 39.3 Å². The van der Waals surface area contributed by atoms with Crippen LogP contribution in [0.25, 0.3) is 0 Å². The molecule has 0 radical (unpaired) electrons. The molecule has 0 saturated carbocycles. The maximum absolute atomic E-state index is 12.9. The molecule has 0 aliphatic carbocycles. The predicted octanol–water partition coefficient (Wildman–Crippen LogP) is -1.74. The molecule has 12 nitrogen and oxygen atoms in total. The zero-order chi connectivity index (χ0) is 23.7. The summed E-state index contributed by atoms with van der Waals surface area (Å²) >= 11 is 0. The van der Waals surface area contributed by atoms with Gasteiger partial charge in [-0.25, -0.2) is 4.79 Å². The third-order valence-corrected chi connectivity index (χ3v) is 4.96. The Kier molecular flexibility index (Phi) is 10.4. The van der Waals surface area contributed by atoms with E-state index in [1.807, 2.05) is 13.8 Å². The van der Waals surface area contributed by atoms with Gasteiger partial charge in [0, 0.05) is 13.0 Å². The Balaban J connectivity index is 2.90. The second-order valence-electron chi connectivity index (χ2n) is 8.00. The van der Waals surface area contributed by atoms with Gasteiger partial charge in [0.15, 0.2) is 0 Å². The fourth-order valence-electron chi connectivity index (χ4n) is 3.37. The number of hydrogen-bond donors (Lipinski definition) is 6. The van der Waals surface area contributed by atoms with E-state index in [2.05, 4.69) is 10.6 Å². The second kappa shape index (κ2) is 12.2. The van der Waals surface area contributed by atoms with Crippen LogP contribution in [0.4, 0.5) is 0 Å². The van der Waals surface area contributed by atoms with Crippen molar-refractivity contribution in [2.24, 2.45) is 11.7 Å². The molecule has 4 atom stereocenters. The molecule has 4 unspecified atom stereocenters. The average Bonchev–Trinajstić information content (AvgIpc) is 3.17. The van der Waals surface area contributed by atoms with Gasteiger partial charge in [-0.15, -0.1) is 0 Å². The number of hydrogen-bond acceptors (Lipinski definition) is 7. The molecular weight excluding hydrogens is 412 g/mol. The van der Waals surface area contributed by atoms with Crippen LogP contribution < -0.4 is 16.4 Å². The van der Waals surface area contributed by atoms with Gasteiger partial charge in [-0.05, 0) is 31.6 Å². The van der Waals surface area contributed by atoms with Crippen molar-refractivity contribution in [3.8, 4) is 0 Å². The van der Waals surface area contributed by atoms with Gasteiger partial charge >= 0.3 is 11.9 Å². The molecule has 12 heteroatoms. The lowest BCUT2D eigenvalue weighted by molar-refractivity contribution is -0.150. The van der Waals surface area contributed by atoms with Gasteiger partial charge in [0.05, 0.1) is 12.6 Å². The van der Waals surface area contributed by atoms with E-state index in [-0.39, 0.29) is 25.3 Å². The largest absolute Gasteiger partial charge is 0.481 e. The summed E-state index contributed by atoms with van der Waals surface area (Å²) in [5.41, 5.74) is 5.77. The van der Waals surface area contributed by atoms with E-state index >= 15 is 0 Å². The van der Waals surface area contributed by atoms with Crippen LogP contribution in [0.5, 0.6) is 0 Å². The van der Waals surface area contributed by atoms with Crippen LogP contribution in [-0.2, 0) is 24.0 Å². The number of amides is 3. The first kappa shape index (κ1) is 26.3. The minimum atomic E-state index is -1.40. The summed E-state index contributed by atoms with van der Waals surface area (Å²) in [6, 6.07) is -4.68. The quantitative estimate of drug-likeness (QED) is 0.202. The van der Waals surface area contributed by atoms with E-state index in [9.17, 15) is 34.2 Å². The maximum atomic E-state index is 12.9. The summed E-state index contributed by atoms with van der Waals surface area (Å²) in [6.07, 6.45) is 0.353. The van der Waals surface area contributed by atoms with Crippen molar-refractivity contribution >= 4 is 29.7 Å². The fourth-order valence-corrected chi connectivity index (χ4v) is 3.37. The van der Waals surface area contributed by atoms with Crippen LogP contribution in [0, 0.1) is 5.92 Å². The lowest BCUT2D eigenvalue weighted by Gasteiger charge is -2.28. The van der Waals surface area contributed by atoms with Crippen molar-refractivity contribution in [1.29, 1.82) is 0 Å². The number of nitrogens with zero attached hydrogens (tertiary/aromatic N) is 1. The summed E-state index contributed by atoms with van der Waals surface area (Å²) < 4.78 is 0. The third-order valence-electron chi connectivity index (χ3n) is 4.96. The van der Waals surface area contributed by atoms with Gasteiger partial charge in [-0.3, -0.25) is 19.2 Å². The Labute approximate surface area is 180 Å². The van der Waals surface area contributed by atoms with Gasteiger partial charge in [0.2, 0.25) is 17.7 Å². The molecule has 0 spiro atoms. The number of carboxylic acid groups (broad SMARTS) is 2. The molecule has 1 heterocycles. The van der Waals surface area contributed by atoms with E-state index in [0.717, 1.165) is 4.90 Å². The van der Waals surface area contributed by atoms with Crippen LogP contribution in [0.15, 0.2) is 0 Å². The minimum absolute atomic E-state index is 0.128. The molecule has 0 aromatic heterocycles. The summed E-state index contributed by atoms with van der Waals surface area (Å²) in [7, 11) is 0. The van der Waals surface area contributed by atoms with E-state index in [0.29, 0.717) is 12.8 Å². The first-order valence-electron chi connectivity index (χ1n) is 10.2. The lowest BCUT2D eigenvalue weighted by atomic mass is 10.0. The second-order valence-corrected chi connectivity index (χ2v) is 8.00. The number of carbonyl (C=O) groups is 5. The molecule has 1 saturated heterocycles. The Hall–Kier alpha value is -2.73. The number of carboxylic acids is 2. The summed E-state index contributed by atoms with van der Waals surface area (Å²) in [4.78, 5) is 61.0. The zero-order valence-electron chi connectivity index (χ0n) is 17.7. The summed E-state index contributed by atoms with van der Waals surface area (Å²) in [6.45, 7) is 3.13. The van der Waals surface area contributed by atoms with Gasteiger partial charge in [-0.2, -0.15) is 0 Å². The highest BCUT2D eigenvalue weighted by Gasteiger charge is 2.38. The molecule has 0 bridgehead atoms. The van der Waals surface area contributed by atoms with Crippen molar-refractivity contribution in [3.05, 3.63) is 0 Å². The number of aliphatic hydroxyl groups excluding tert-OH is 1. The predicted molar refractivity (Wildman–Crippen MR) is 108 cm³/mol. The molecular formula is C19H32N4O8. The third kappa shape index (κ3) is 8.13. The molecule has 7 N–H and O–H groups in total. The van der Waals surface area contributed by atoms with E-state index in [4.69, 9.17) is 10.8 Å². The molecule has 31 heavy (non-hydrogen) atoms. The molecule has 1 aliphatic heterocycles. The average molecular weight is 444 g/mol. The van der Waals surface area contributed by atoms with Gasteiger partial charge in [0.25, 0.3) is 0 Å². The first-order valence-corrected chi connectivity index (χ1v) is 10.2. The highest BCUT2D eigenvalue weighted by Crippen LogP contribution is 2.19. The first-order chi connectivity index (χ1) is 14.5. The van der Waals surface area contributed by atoms with Crippen molar-refractivity contribution in [3.63, 3.8) is 0 Å². The SMILES string of the molecule is CC(C)CC(N)C(=O)NC(CO)C(=O)NC(CCC(=O)O)C(=O)N1CCCC1C(=O)O. The van der Waals surface area contributed by atoms with E-state index < -0.39 is 66.9 Å². The monoisotopic (exact) mass is 444 g/mol. The number of rotatable bonds is 12. The van der Waals surface area contributed by atoms with Crippen LogP contribution in [0.3, 0.4) is 0 Å². The smallest absolute Gasteiger partial charge is 0.326 e. The molecule has 1 aliphatic rings. The Morgan fingerprint density at radius 1 is 1.06 bits per heavy atom. The van der Waals surface area contributed by atoms with Gasteiger partial charge < -0.3 is 36.6 Å². The number of carbonyl (C=O) groups excluding carboxylic acids is 3. The van der Waals surface area contributed by atoms with Gasteiger partial charge in [-0.1, -0.05) is 13.8 Å². The van der Waals surface area contributed by atoms with Crippen molar-refractivity contribution in [1.82, 2.24) is 15.5 Å². The Bertz CT molecular complexity index is 684. The van der Waals surface area contributed by atoms with Crippen molar-refractivity contribution in [2.75, 3.05) is 13.2 Å². The molecule has 3 amide bonds. The molecule has 1 rings (SSSR count). The number of aliphatic carboxylic acids is 2. The molecule has 1 fully saturated rings. The lowest BCUT2D eigenvalue weighted by Crippen LogP contribution is -2.58. The molecule has 0 aromatic carbocycles. The number of nitrogens with one attached hydrogen (secondary N) is 2. The Morgan fingerprint density at radius 3 is 2.19 bits per heavy atom. The topological polar surface area (TPSA) is 199 Å². The van der Waals surface area contributed by atoms with Crippen LogP contribution in [0.2, 0.25) is 0 Å². The Morgan fingerprint density at radius 2 is 1.68 bits per heavy atom. The standard InChI is InChI=1S/C19H32N4O8/c1-10(2)8-11(20)16(27)22-13(9-24)17(28)21-12(5-6-15(25)26)18(29)23-7-3-4-14(23)19(30)31/h10-14,24H,3-9,20H2,1-2H3,(H,21,28)(H,22,27)(H,25,26)(H,30,31). The van der Waals surface area contributed by atoms with E-state index in [1.54, 1.807) is 0 Å². The summed E-state index contributed by atoms with van der Waals surface area (Å²) in [5, 5.41) is 32.4. The van der Waals surface area contributed by atoms with Gasteiger partial charge in [0.1, 0.15) is 18.1 Å². The van der Waals surface area contributed by atoms with Crippen LogP contribution >= 0.6 is 0 Å². The fraction of sp³-hybridized carbons (Fsp3) is 0.737. The highest BCUT2D eigenvalue weighted by atomic mass is 16.4. The number of aliphatic hydroxyl groups is 1. The van der Waals surface area contributed by atoms with Crippen LogP contribution in [0.1, 0.15) is 46.0 Å². The van der Waals surface area contributed by atoms with Crippen LogP contribution in [-0.4, -0.2) is 87.2 Å². The zero-order valence-corrected chi connectivity index (χ0v) is 17.7. The molecule has 176 valence electrons. The minimum Gasteiger partial charge on any atom is -0.481 e. The number of nitrogens with two attached hydrogens (primary N) is 1. The highest BCUT2D eigenvalue weighted by molar-refractivity contribution is 5.94. The van der Waals surface area contributed by atoms with E-state index in [1.165, 1.54) is 0 Å². The molecule has 0 aromatic rings. The van der Waals surface area contributed by atoms with Crippen molar-refractivity contribution in [2.45, 2.75) is 70.1 Å². The maximum Gasteiger partial charge on any atom is 0.326 e. The normalized spacial score (nSPS) is 18.9. The summed E-state index contributed by atoms with van der Waals surface area (Å²) in [5.74, 6) is -4.53. The number of likely N-dealkylation sites (tertiary alicyclic amines) is 1.